The number of anilines is 1. The molecule has 0 aliphatic carbocycles. The average Bonchev–Trinajstić information content (AvgIpc) is 2.19. The maximum atomic E-state index is 4.32. The van der Waals surface area contributed by atoms with Gasteiger partial charge in [0.1, 0.15) is 0 Å². The van der Waals surface area contributed by atoms with Gasteiger partial charge < -0.3 is 10.6 Å². The summed E-state index contributed by atoms with van der Waals surface area (Å²) in [6.45, 7) is 4.16. The Balaban J connectivity index is 1.95. The van der Waals surface area contributed by atoms with Gasteiger partial charge in [-0.2, -0.15) is 0 Å². The molecule has 2 heterocycles. The summed E-state index contributed by atoms with van der Waals surface area (Å²) in [5, 5.41) is 6.69. The second-order valence-electron chi connectivity index (χ2n) is 3.69. The average molecular weight is 192 g/mol. The molecule has 1 fully saturated rings. The molecule has 0 unspecified atom stereocenters. The van der Waals surface area contributed by atoms with Gasteiger partial charge in [-0.1, -0.05) is 0 Å². The van der Waals surface area contributed by atoms with Crippen LogP contribution in [-0.4, -0.2) is 29.1 Å². The molecule has 14 heavy (non-hydrogen) atoms. The van der Waals surface area contributed by atoms with Crippen LogP contribution in [0.5, 0.6) is 0 Å². The van der Waals surface area contributed by atoms with E-state index in [-0.39, 0.29) is 0 Å². The second-order valence-corrected chi connectivity index (χ2v) is 3.69. The number of hydrogen-bond donors (Lipinski definition) is 2. The first-order valence-electron chi connectivity index (χ1n) is 5.11. The van der Waals surface area contributed by atoms with E-state index in [1.165, 1.54) is 0 Å². The number of nitrogens with one attached hydrogen (secondary N) is 2. The predicted octanol–water partition coefficient (Wildman–Crippen LogP) is 0.949. The van der Waals surface area contributed by atoms with Crippen LogP contribution in [0.1, 0.15) is 18.5 Å². The predicted molar refractivity (Wildman–Crippen MR) is 56.3 cm³/mol. The van der Waals surface area contributed by atoms with Gasteiger partial charge >= 0.3 is 0 Å². The minimum Gasteiger partial charge on any atom is -0.351 e. The van der Waals surface area contributed by atoms with E-state index in [1.807, 2.05) is 13.0 Å². The number of piperidine rings is 1. The van der Waals surface area contributed by atoms with Crippen LogP contribution in [0, 0.1) is 6.92 Å². The highest BCUT2D eigenvalue weighted by Crippen LogP contribution is 2.08. The van der Waals surface area contributed by atoms with E-state index in [4.69, 9.17) is 0 Å². The largest absolute Gasteiger partial charge is 0.351 e. The molecule has 1 aromatic heterocycles. The van der Waals surface area contributed by atoms with Gasteiger partial charge in [-0.3, -0.25) is 0 Å². The van der Waals surface area contributed by atoms with Gasteiger partial charge in [0.2, 0.25) is 5.95 Å². The monoisotopic (exact) mass is 192 g/mol. The Labute approximate surface area is 84.2 Å². The summed E-state index contributed by atoms with van der Waals surface area (Å²) in [6, 6.07) is 2.44. The molecule has 0 spiro atoms. The molecule has 1 saturated heterocycles. The van der Waals surface area contributed by atoms with Crippen LogP contribution in [0.15, 0.2) is 12.3 Å². The Kier molecular flexibility index (Phi) is 2.93. The molecule has 0 bridgehead atoms. The van der Waals surface area contributed by atoms with Crippen molar-refractivity contribution in [1.82, 2.24) is 15.3 Å². The van der Waals surface area contributed by atoms with Gasteiger partial charge in [0.25, 0.3) is 0 Å². The van der Waals surface area contributed by atoms with E-state index in [9.17, 15) is 0 Å². The molecule has 1 aliphatic rings. The maximum Gasteiger partial charge on any atom is 0.223 e. The van der Waals surface area contributed by atoms with Crippen molar-refractivity contribution < 1.29 is 0 Å². The fraction of sp³-hybridized carbons (Fsp3) is 0.600. The zero-order valence-corrected chi connectivity index (χ0v) is 8.45. The van der Waals surface area contributed by atoms with Gasteiger partial charge in [0.05, 0.1) is 0 Å². The van der Waals surface area contributed by atoms with Crippen LogP contribution in [0.4, 0.5) is 5.95 Å². The Morgan fingerprint density at radius 3 is 2.93 bits per heavy atom. The summed E-state index contributed by atoms with van der Waals surface area (Å²) < 4.78 is 0. The fourth-order valence-corrected chi connectivity index (χ4v) is 1.67. The van der Waals surface area contributed by atoms with Gasteiger partial charge in [0.15, 0.2) is 0 Å². The van der Waals surface area contributed by atoms with E-state index in [0.717, 1.165) is 37.6 Å². The van der Waals surface area contributed by atoms with Crippen molar-refractivity contribution in [2.45, 2.75) is 25.8 Å². The van der Waals surface area contributed by atoms with Crippen LogP contribution < -0.4 is 10.6 Å². The van der Waals surface area contributed by atoms with Crippen molar-refractivity contribution >= 4 is 5.95 Å². The van der Waals surface area contributed by atoms with E-state index in [0.29, 0.717) is 6.04 Å². The molecular weight excluding hydrogens is 176 g/mol. The third kappa shape index (κ3) is 2.42. The first-order chi connectivity index (χ1) is 6.84. The Bertz CT molecular complexity index is 294. The summed E-state index contributed by atoms with van der Waals surface area (Å²) in [5.74, 6) is 0.761. The van der Waals surface area contributed by atoms with E-state index in [1.54, 1.807) is 6.20 Å². The highest BCUT2D eigenvalue weighted by Gasteiger charge is 2.13. The van der Waals surface area contributed by atoms with Crippen LogP contribution in [0.2, 0.25) is 0 Å². The molecule has 0 aromatic carbocycles. The second kappa shape index (κ2) is 4.37. The lowest BCUT2D eigenvalue weighted by molar-refractivity contribution is 0.477. The van der Waals surface area contributed by atoms with Gasteiger partial charge in [0, 0.05) is 17.9 Å². The van der Waals surface area contributed by atoms with Crippen molar-refractivity contribution in [3.05, 3.63) is 18.0 Å². The minimum atomic E-state index is 0.526. The van der Waals surface area contributed by atoms with Gasteiger partial charge in [-0.15, -0.1) is 0 Å². The lowest BCUT2D eigenvalue weighted by Crippen LogP contribution is -2.35. The number of rotatable bonds is 2. The van der Waals surface area contributed by atoms with Crippen LogP contribution in [0.25, 0.3) is 0 Å². The number of nitrogens with zero attached hydrogens (tertiary/aromatic N) is 2. The molecule has 0 atom stereocenters. The topological polar surface area (TPSA) is 49.8 Å². The first-order valence-corrected chi connectivity index (χ1v) is 5.11. The van der Waals surface area contributed by atoms with Gasteiger partial charge in [-0.05, 0) is 38.9 Å². The summed E-state index contributed by atoms with van der Waals surface area (Å²) >= 11 is 0. The van der Waals surface area contributed by atoms with E-state index < -0.39 is 0 Å². The lowest BCUT2D eigenvalue weighted by Gasteiger charge is -2.23. The standard InChI is InChI=1S/C10H16N4/c1-8-2-7-12-10(13-8)14-9-3-5-11-6-4-9/h2,7,9,11H,3-6H2,1H3,(H,12,13,14). The lowest BCUT2D eigenvalue weighted by atomic mass is 10.1. The molecule has 1 aromatic rings. The molecule has 2 rings (SSSR count). The first kappa shape index (κ1) is 9.40. The van der Waals surface area contributed by atoms with E-state index in [2.05, 4.69) is 20.6 Å². The van der Waals surface area contributed by atoms with Crippen LogP contribution >= 0.6 is 0 Å². The van der Waals surface area contributed by atoms with Crippen molar-refractivity contribution in [2.75, 3.05) is 18.4 Å². The molecule has 2 N–H and O–H groups in total. The number of hydrogen-bond acceptors (Lipinski definition) is 4. The molecule has 0 saturated carbocycles. The normalized spacial score (nSPS) is 18.1. The summed E-state index contributed by atoms with van der Waals surface area (Å²) in [5.41, 5.74) is 1.01. The third-order valence-corrected chi connectivity index (χ3v) is 2.47. The minimum absolute atomic E-state index is 0.526. The van der Waals surface area contributed by atoms with Crippen molar-refractivity contribution in [3.8, 4) is 0 Å². The Morgan fingerprint density at radius 2 is 2.21 bits per heavy atom. The maximum absolute atomic E-state index is 4.32. The molecular formula is C10H16N4. The van der Waals surface area contributed by atoms with Crippen LogP contribution in [-0.2, 0) is 0 Å². The highest BCUT2D eigenvalue weighted by atomic mass is 15.1. The molecule has 1 aliphatic heterocycles. The Hall–Kier alpha value is -1.16. The summed E-state index contributed by atoms with van der Waals surface area (Å²) in [7, 11) is 0. The SMILES string of the molecule is Cc1ccnc(NC2CCNCC2)n1. The molecule has 0 amide bonds. The quantitative estimate of drug-likeness (QED) is 0.732. The zero-order valence-electron chi connectivity index (χ0n) is 8.45. The number of aryl methyl sites for hydroxylation is 1. The highest BCUT2D eigenvalue weighted by molar-refractivity contribution is 5.26. The Morgan fingerprint density at radius 1 is 1.43 bits per heavy atom. The summed E-state index contributed by atoms with van der Waals surface area (Å²) in [4.78, 5) is 8.52. The molecule has 0 radical (unpaired) electrons. The molecule has 76 valence electrons. The van der Waals surface area contributed by atoms with Crippen molar-refractivity contribution in [3.63, 3.8) is 0 Å². The molecule has 4 nitrogen and oxygen atoms in total. The van der Waals surface area contributed by atoms with Crippen molar-refractivity contribution in [2.24, 2.45) is 0 Å². The van der Waals surface area contributed by atoms with Crippen LogP contribution in [0.3, 0.4) is 0 Å². The van der Waals surface area contributed by atoms with E-state index >= 15 is 0 Å². The number of aromatic nitrogens is 2. The summed E-state index contributed by atoms with van der Waals surface area (Å²) in [6.07, 6.45) is 4.10. The van der Waals surface area contributed by atoms with Crippen molar-refractivity contribution in [1.29, 1.82) is 0 Å². The van der Waals surface area contributed by atoms with Gasteiger partial charge in [-0.25, -0.2) is 9.97 Å². The molecule has 4 heteroatoms. The fourth-order valence-electron chi connectivity index (χ4n) is 1.67. The smallest absolute Gasteiger partial charge is 0.223 e. The third-order valence-electron chi connectivity index (χ3n) is 2.47. The zero-order chi connectivity index (χ0) is 9.80.